The van der Waals surface area contributed by atoms with Gasteiger partial charge in [-0.25, -0.2) is 9.78 Å². The maximum absolute atomic E-state index is 13.0. The van der Waals surface area contributed by atoms with Crippen LogP contribution in [-0.2, 0) is 9.59 Å². The molecule has 0 aliphatic carbocycles. The molecule has 0 bridgehead atoms. The summed E-state index contributed by atoms with van der Waals surface area (Å²) in [6, 6.07) is 14.9. The van der Waals surface area contributed by atoms with Gasteiger partial charge in [0.15, 0.2) is 17.9 Å². The van der Waals surface area contributed by atoms with Crippen molar-refractivity contribution >= 4 is 51.6 Å². The summed E-state index contributed by atoms with van der Waals surface area (Å²) in [5.74, 6) is -1.57. The second kappa shape index (κ2) is 8.52. The predicted octanol–water partition coefficient (Wildman–Crippen LogP) is 3.27. The first kappa shape index (κ1) is 22.0. The van der Waals surface area contributed by atoms with Crippen LogP contribution in [-0.4, -0.2) is 51.4 Å². The van der Waals surface area contributed by atoms with Gasteiger partial charge in [0.25, 0.3) is 11.8 Å². The zero-order chi connectivity index (χ0) is 24.7. The minimum atomic E-state index is -1.07. The average Bonchev–Trinajstić information content (AvgIpc) is 3.31. The Labute approximate surface area is 199 Å². The first-order valence-corrected chi connectivity index (χ1v) is 10.7. The monoisotopic (exact) mass is 469 g/mol. The summed E-state index contributed by atoms with van der Waals surface area (Å²) < 4.78 is 0. The largest absolute Gasteiger partial charge is 0.478 e. The van der Waals surface area contributed by atoms with Gasteiger partial charge in [-0.05, 0) is 56.3 Å². The third-order valence-corrected chi connectivity index (χ3v) is 5.65. The van der Waals surface area contributed by atoms with Crippen LogP contribution in [0.15, 0.2) is 81.1 Å². The number of hydrazone groups is 2. The number of aromatic carboxylic acids is 1. The Morgan fingerprint density at radius 2 is 1.43 bits per heavy atom. The molecule has 3 aromatic rings. The minimum Gasteiger partial charge on any atom is -0.478 e. The summed E-state index contributed by atoms with van der Waals surface area (Å²) in [5, 5.41) is 29.1. The van der Waals surface area contributed by atoms with Gasteiger partial charge in [-0.1, -0.05) is 18.2 Å². The number of hydrogen-bond acceptors (Lipinski definition) is 8. The molecular formula is C24H19N7O4. The van der Waals surface area contributed by atoms with Crippen LogP contribution in [0.2, 0.25) is 0 Å². The van der Waals surface area contributed by atoms with Crippen molar-refractivity contribution in [2.75, 3.05) is 10.0 Å². The lowest BCUT2D eigenvalue weighted by molar-refractivity contribution is -0.119. The topological polar surface area (TPSA) is 140 Å². The van der Waals surface area contributed by atoms with Gasteiger partial charge >= 0.3 is 5.97 Å². The molecule has 1 N–H and O–H groups in total. The summed E-state index contributed by atoms with van der Waals surface area (Å²) >= 11 is 0. The summed E-state index contributed by atoms with van der Waals surface area (Å²) in [6.45, 7) is 3.30. The van der Waals surface area contributed by atoms with Crippen LogP contribution in [0.3, 0.4) is 0 Å². The van der Waals surface area contributed by atoms with Gasteiger partial charge in [-0.15, -0.1) is 0 Å². The molecule has 0 saturated carbocycles. The van der Waals surface area contributed by atoms with Crippen LogP contribution in [0, 0.1) is 0 Å². The van der Waals surface area contributed by atoms with E-state index in [1.807, 2.05) is 30.3 Å². The van der Waals surface area contributed by atoms with E-state index in [9.17, 15) is 14.4 Å². The number of carboxylic acid groups (broad SMARTS) is 1. The van der Waals surface area contributed by atoms with Gasteiger partial charge in [0.05, 0.1) is 28.2 Å². The average molecular weight is 469 g/mol. The van der Waals surface area contributed by atoms with Gasteiger partial charge in [0.2, 0.25) is 0 Å². The SMILES string of the molecule is CC1=NN(c2ccc(C(=O)O)cc2)C(=O)C1N=NC1C(=O)N(c2ccc3ccccc3n2)N=C1C. The highest BCUT2D eigenvalue weighted by molar-refractivity contribution is 6.19. The maximum atomic E-state index is 13.0. The lowest BCUT2D eigenvalue weighted by Crippen LogP contribution is -2.32. The third-order valence-electron chi connectivity index (χ3n) is 5.65. The fraction of sp³-hybridized carbons (Fsp3) is 0.167. The summed E-state index contributed by atoms with van der Waals surface area (Å²) in [5.41, 5.74) is 2.05. The number of amides is 2. The summed E-state index contributed by atoms with van der Waals surface area (Å²) in [4.78, 5) is 41.5. The van der Waals surface area contributed by atoms with Crippen molar-refractivity contribution in [3.63, 3.8) is 0 Å². The Kier molecular flexibility index (Phi) is 5.36. The first-order valence-electron chi connectivity index (χ1n) is 10.7. The number of anilines is 2. The molecule has 35 heavy (non-hydrogen) atoms. The fourth-order valence-corrected chi connectivity index (χ4v) is 3.78. The van der Waals surface area contributed by atoms with E-state index in [1.54, 1.807) is 19.9 Å². The number of azo groups is 1. The van der Waals surface area contributed by atoms with Crippen LogP contribution in [0.4, 0.5) is 11.5 Å². The maximum Gasteiger partial charge on any atom is 0.335 e. The molecule has 0 radical (unpaired) electrons. The Hall–Kier alpha value is -4.80. The standard InChI is InChI=1S/C24H19N7O4/c1-13-20(22(32)30(28-13)17-10-7-16(8-11-17)24(34)35)26-27-21-14(2)29-31(23(21)33)19-12-9-15-5-3-4-6-18(15)25-19/h3-12,20-21H,1-2H3,(H,34,35). The van der Waals surface area contributed by atoms with Crippen molar-refractivity contribution in [1.82, 2.24) is 4.98 Å². The van der Waals surface area contributed by atoms with Crippen molar-refractivity contribution in [3.05, 3.63) is 66.2 Å². The number of carbonyl (C=O) groups excluding carboxylic acids is 2. The van der Waals surface area contributed by atoms with Gasteiger partial charge in [0.1, 0.15) is 0 Å². The second-order valence-electron chi connectivity index (χ2n) is 8.03. The molecule has 2 amide bonds. The van der Waals surface area contributed by atoms with Gasteiger partial charge in [-0.2, -0.15) is 30.4 Å². The zero-order valence-electron chi connectivity index (χ0n) is 18.7. The second-order valence-corrected chi connectivity index (χ2v) is 8.03. The molecule has 2 aliphatic heterocycles. The molecule has 0 saturated heterocycles. The van der Waals surface area contributed by atoms with E-state index in [0.29, 0.717) is 22.9 Å². The molecule has 0 spiro atoms. The van der Waals surface area contributed by atoms with Crippen molar-refractivity contribution in [2.24, 2.45) is 20.4 Å². The lowest BCUT2D eigenvalue weighted by atomic mass is 10.2. The quantitative estimate of drug-likeness (QED) is 0.571. The Bertz CT molecular complexity index is 1460. The number of carbonyl (C=O) groups is 3. The van der Waals surface area contributed by atoms with Crippen molar-refractivity contribution in [2.45, 2.75) is 25.9 Å². The van der Waals surface area contributed by atoms with Gasteiger partial charge in [-0.3, -0.25) is 9.59 Å². The molecule has 1 aromatic heterocycles. The van der Waals surface area contributed by atoms with E-state index >= 15 is 0 Å². The summed E-state index contributed by atoms with van der Waals surface area (Å²) in [6.07, 6.45) is 0. The molecule has 11 heteroatoms. The highest BCUT2D eigenvalue weighted by atomic mass is 16.4. The lowest BCUT2D eigenvalue weighted by Gasteiger charge is -2.13. The van der Waals surface area contributed by atoms with Crippen LogP contribution in [0.25, 0.3) is 10.9 Å². The number of para-hydroxylation sites is 1. The van der Waals surface area contributed by atoms with E-state index in [-0.39, 0.29) is 5.56 Å². The number of carboxylic acids is 1. The molecule has 5 rings (SSSR count). The number of benzene rings is 2. The number of fused-ring (bicyclic) bond motifs is 1. The molecule has 2 unspecified atom stereocenters. The van der Waals surface area contributed by atoms with Crippen LogP contribution in [0.1, 0.15) is 24.2 Å². The van der Waals surface area contributed by atoms with E-state index < -0.39 is 29.9 Å². The normalized spacial score (nSPS) is 20.2. The smallest absolute Gasteiger partial charge is 0.335 e. The van der Waals surface area contributed by atoms with Gasteiger partial charge in [0, 0.05) is 5.39 Å². The van der Waals surface area contributed by atoms with E-state index in [4.69, 9.17) is 5.11 Å². The van der Waals surface area contributed by atoms with Crippen molar-refractivity contribution in [1.29, 1.82) is 0 Å². The molecule has 11 nitrogen and oxygen atoms in total. The van der Waals surface area contributed by atoms with E-state index in [0.717, 1.165) is 15.9 Å². The molecule has 3 heterocycles. The molecule has 2 atom stereocenters. The van der Waals surface area contributed by atoms with E-state index in [1.165, 1.54) is 29.3 Å². The zero-order valence-corrected chi connectivity index (χ0v) is 18.7. The number of nitrogens with zero attached hydrogens (tertiary/aromatic N) is 7. The molecule has 174 valence electrons. The molecule has 2 aliphatic rings. The molecule has 2 aromatic carbocycles. The number of hydrogen-bond donors (Lipinski definition) is 1. The Morgan fingerprint density at radius 1 is 0.829 bits per heavy atom. The summed E-state index contributed by atoms with van der Waals surface area (Å²) in [7, 11) is 0. The Morgan fingerprint density at radius 3 is 2.09 bits per heavy atom. The molecule has 0 fully saturated rings. The van der Waals surface area contributed by atoms with Crippen molar-refractivity contribution < 1.29 is 19.5 Å². The number of pyridine rings is 1. The Balaban J connectivity index is 1.33. The van der Waals surface area contributed by atoms with Gasteiger partial charge < -0.3 is 5.11 Å². The van der Waals surface area contributed by atoms with Crippen LogP contribution in [0.5, 0.6) is 0 Å². The van der Waals surface area contributed by atoms with Crippen LogP contribution < -0.4 is 10.0 Å². The van der Waals surface area contributed by atoms with Crippen molar-refractivity contribution in [3.8, 4) is 0 Å². The van der Waals surface area contributed by atoms with E-state index in [2.05, 4.69) is 25.4 Å². The van der Waals surface area contributed by atoms with Crippen LogP contribution >= 0.6 is 0 Å². The predicted molar refractivity (Wildman–Crippen MR) is 129 cm³/mol. The highest BCUT2D eigenvalue weighted by Gasteiger charge is 2.38. The first-order chi connectivity index (χ1) is 16.8. The fourth-order valence-electron chi connectivity index (χ4n) is 3.78. The number of aromatic nitrogens is 1. The third kappa shape index (κ3) is 3.92. The minimum absolute atomic E-state index is 0.0947. The molecular weight excluding hydrogens is 450 g/mol. The highest BCUT2D eigenvalue weighted by Crippen LogP contribution is 2.26. The number of rotatable bonds is 5.